The fourth-order valence-electron chi connectivity index (χ4n) is 6.59. The van der Waals surface area contributed by atoms with E-state index in [4.69, 9.17) is 15.2 Å². The van der Waals surface area contributed by atoms with Gasteiger partial charge in [-0.1, -0.05) is 18.2 Å². The third-order valence-corrected chi connectivity index (χ3v) is 10.0. The molecular formula is C29H33FN4O7S. The number of thiophene rings is 1. The first-order valence-electron chi connectivity index (χ1n) is 13.8. The predicted octanol–water partition coefficient (Wildman–Crippen LogP) is 3.95. The summed E-state index contributed by atoms with van der Waals surface area (Å²) in [4.78, 5) is 64.2. The summed E-state index contributed by atoms with van der Waals surface area (Å²) in [5, 5.41) is 2.51. The minimum atomic E-state index is -1.92. The Morgan fingerprint density at radius 1 is 1.17 bits per heavy atom. The van der Waals surface area contributed by atoms with E-state index >= 15 is 0 Å². The predicted molar refractivity (Wildman–Crippen MR) is 155 cm³/mol. The van der Waals surface area contributed by atoms with Crippen molar-refractivity contribution in [1.82, 2.24) is 9.13 Å². The van der Waals surface area contributed by atoms with Gasteiger partial charge in [0.15, 0.2) is 0 Å². The molecule has 2 N–H and O–H groups in total. The Balaban J connectivity index is 1.69. The van der Waals surface area contributed by atoms with E-state index < -0.39 is 40.9 Å². The van der Waals surface area contributed by atoms with Gasteiger partial charge in [0.25, 0.3) is 11.5 Å². The molecule has 2 fully saturated rings. The highest BCUT2D eigenvalue weighted by molar-refractivity contribution is 7.20. The Morgan fingerprint density at radius 3 is 2.40 bits per heavy atom. The number of para-hydroxylation sites is 1. The van der Waals surface area contributed by atoms with Crippen molar-refractivity contribution in [3.05, 3.63) is 66.0 Å². The van der Waals surface area contributed by atoms with Crippen molar-refractivity contribution < 1.29 is 23.5 Å². The number of rotatable bonds is 9. The number of hydrogen-bond donors (Lipinski definition) is 1. The van der Waals surface area contributed by atoms with Crippen LogP contribution in [0.1, 0.15) is 66.4 Å². The number of benzene rings is 1. The Hall–Kier alpha value is -3.71. The zero-order valence-electron chi connectivity index (χ0n) is 23.8. The maximum Gasteiger partial charge on any atom is 0.333 e. The molecular weight excluding hydrogens is 567 g/mol. The van der Waals surface area contributed by atoms with Crippen molar-refractivity contribution in [3.8, 4) is 5.75 Å². The van der Waals surface area contributed by atoms with E-state index in [2.05, 4.69) is 5.18 Å². The van der Waals surface area contributed by atoms with Crippen LogP contribution in [0.5, 0.6) is 5.75 Å². The van der Waals surface area contributed by atoms with Crippen LogP contribution in [0.4, 0.5) is 4.39 Å². The highest BCUT2D eigenvalue weighted by Crippen LogP contribution is 2.47. The number of carbonyl (C=O) groups excluding carboxylic acids is 2. The zero-order chi connectivity index (χ0) is 30.5. The molecule has 13 heteroatoms. The summed E-state index contributed by atoms with van der Waals surface area (Å²) in [7, 11) is 1.52. The average Bonchev–Trinajstić information content (AvgIpc) is 3.60. The molecule has 0 aliphatic heterocycles. The second-order valence-corrected chi connectivity index (χ2v) is 12.6. The first kappa shape index (κ1) is 29.8. The molecule has 2 aromatic heterocycles. The summed E-state index contributed by atoms with van der Waals surface area (Å²) in [6.45, 7) is 3.94. The number of halogens is 1. The largest absolute Gasteiger partial charge is 0.496 e. The van der Waals surface area contributed by atoms with Crippen molar-refractivity contribution in [2.75, 3.05) is 7.11 Å². The number of carbonyl (C=O) groups is 2. The van der Waals surface area contributed by atoms with Crippen LogP contribution >= 0.6 is 11.3 Å². The molecule has 3 atom stereocenters. The number of aromatic nitrogens is 2. The van der Waals surface area contributed by atoms with Crippen molar-refractivity contribution in [3.63, 3.8) is 0 Å². The van der Waals surface area contributed by atoms with Gasteiger partial charge in [0.05, 0.1) is 30.0 Å². The monoisotopic (exact) mass is 600 g/mol. The number of aryl methyl sites for hydroxylation is 1. The van der Waals surface area contributed by atoms with Gasteiger partial charge in [0, 0.05) is 10.7 Å². The molecule has 2 amide bonds. The number of fused-ring (bicyclic) bond motifs is 2. The standard InChI is InChI=1S/C29H33FN4O7S/c1-14-22-25(36)34(29(2,3)27(37)32-39)28(38)33(26(22)42-23(14)24(31)35)13-21(19-7-5-6-8-20(19)40-4)41-18-11-15-9-17(30)10-16(15)12-18/h5-8,15-18,21H,9-13H2,1-4H3,(H2,31,35). The normalized spacial score (nSPS) is 22.7. The molecule has 0 saturated heterocycles. The van der Waals surface area contributed by atoms with E-state index in [1.54, 1.807) is 12.1 Å². The van der Waals surface area contributed by atoms with E-state index in [0.29, 0.717) is 41.6 Å². The maximum absolute atomic E-state index is 14.1. The summed E-state index contributed by atoms with van der Waals surface area (Å²) >= 11 is 0.901. The van der Waals surface area contributed by atoms with Crippen LogP contribution in [-0.2, 0) is 21.6 Å². The molecule has 5 rings (SSSR count). The summed E-state index contributed by atoms with van der Waals surface area (Å²) < 4.78 is 28.3. The van der Waals surface area contributed by atoms with Crippen molar-refractivity contribution in [2.45, 2.75) is 76.9 Å². The highest BCUT2D eigenvalue weighted by Gasteiger charge is 2.43. The molecule has 1 aromatic carbocycles. The first-order chi connectivity index (χ1) is 19.9. The molecule has 0 spiro atoms. The fourth-order valence-corrected chi connectivity index (χ4v) is 7.74. The van der Waals surface area contributed by atoms with Gasteiger partial charge in [0.2, 0.25) is 0 Å². The van der Waals surface area contributed by atoms with E-state index in [-0.39, 0.29) is 45.1 Å². The average molecular weight is 601 g/mol. The quantitative estimate of drug-likeness (QED) is 0.365. The molecule has 2 heterocycles. The van der Waals surface area contributed by atoms with Crippen LogP contribution in [0, 0.1) is 23.7 Å². The van der Waals surface area contributed by atoms with Gasteiger partial charge in [-0.15, -0.1) is 16.2 Å². The lowest BCUT2D eigenvalue weighted by Crippen LogP contribution is -2.52. The molecule has 2 saturated carbocycles. The number of primary amides is 1. The number of alkyl halides is 1. The lowest BCUT2D eigenvalue weighted by Gasteiger charge is -2.27. The summed E-state index contributed by atoms with van der Waals surface area (Å²) in [6.07, 6.45) is 0.602. The van der Waals surface area contributed by atoms with Crippen LogP contribution in [0.25, 0.3) is 10.2 Å². The summed E-state index contributed by atoms with van der Waals surface area (Å²) in [5.74, 6) is -1.02. The number of nitrogens with two attached hydrogens (primary N) is 1. The lowest BCUT2D eigenvalue weighted by atomic mass is 10.0. The van der Waals surface area contributed by atoms with Crippen LogP contribution in [0.3, 0.4) is 0 Å². The number of nitrogens with zero attached hydrogens (tertiary/aromatic N) is 3. The van der Waals surface area contributed by atoms with E-state index in [1.165, 1.54) is 32.4 Å². The van der Waals surface area contributed by atoms with E-state index in [0.717, 1.165) is 11.3 Å². The van der Waals surface area contributed by atoms with Gasteiger partial charge in [-0.2, -0.15) is 0 Å². The second-order valence-electron chi connectivity index (χ2n) is 11.6. The third kappa shape index (κ3) is 4.98. The van der Waals surface area contributed by atoms with Gasteiger partial charge in [-0.05, 0) is 69.9 Å². The minimum absolute atomic E-state index is 0.0309. The number of nitroso groups, excluding NO2 is 1. The van der Waals surface area contributed by atoms with E-state index in [1.807, 2.05) is 12.1 Å². The number of methoxy groups -OCH3 is 1. The first-order valence-corrected chi connectivity index (χ1v) is 14.6. The van der Waals surface area contributed by atoms with Gasteiger partial charge in [-0.25, -0.2) is 13.8 Å². The third-order valence-electron chi connectivity index (χ3n) is 8.71. The van der Waals surface area contributed by atoms with Crippen LogP contribution in [0.15, 0.2) is 39.0 Å². The SMILES string of the molecule is COc1ccccc1C(Cn1c(=O)n(C(C)(C)C(=O)N=O)c(=O)c2c(C)c(C(N)=O)sc21)OC1CC2CC(F)CC2C1. The second kappa shape index (κ2) is 11.2. The highest BCUT2D eigenvalue weighted by atomic mass is 32.1. The Labute approximate surface area is 244 Å². The number of amides is 2. The molecule has 0 bridgehead atoms. The molecule has 224 valence electrons. The molecule has 42 heavy (non-hydrogen) atoms. The Bertz CT molecular complexity index is 1680. The minimum Gasteiger partial charge on any atom is -0.496 e. The molecule has 2 aliphatic carbocycles. The molecule has 0 radical (unpaired) electrons. The maximum atomic E-state index is 14.1. The van der Waals surface area contributed by atoms with Crippen molar-refractivity contribution in [1.29, 1.82) is 0 Å². The molecule has 11 nitrogen and oxygen atoms in total. The topological polar surface area (TPSA) is 152 Å². The number of hydrogen-bond acceptors (Lipinski definition) is 8. The van der Waals surface area contributed by atoms with E-state index in [9.17, 15) is 28.5 Å². The van der Waals surface area contributed by atoms with Crippen LogP contribution in [-0.4, -0.2) is 40.3 Å². The zero-order valence-corrected chi connectivity index (χ0v) is 24.6. The smallest absolute Gasteiger partial charge is 0.333 e. The van der Waals surface area contributed by atoms with Gasteiger partial charge >= 0.3 is 11.6 Å². The Kier molecular flexibility index (Phi) is 7.92. The van der Waals surface area contributed by atoms with Gasteiger partial charge in [0.1, 0.15) is 28.4 Å². The van der Waals surface area contributed by atoms with Gasteiger partial charge in [-0.3, -0.25) is 19.0 Å². The number of ether oxygens (including phenoxy) is 2. The molecule has 2 aliphatic rings. The molecule has 3 aromatic rings. The Morgan fingerprint density at radius 2 is 1.81 bits per heavy atom. The summed E-state index contributed by atoms with van der Waals surface area (Å²) in [6, 6.07) is 7.18. The van der Waals surface area contributed by atoms with Crippen LogP contribution in [0.2, 0.25) is 0 Å². The van der Waals surface area contributed by atoms with Crippen molar-refractivity contribution >= 4 is 33.4 Å². The van der Waals surface area contributed by atoms with Gasteiger partial charge < -0.3 is 15.2 Å². The lowest BCUT2D eigenvalue weighted by molar-refractivity contribution is -0.125. The van der Waals surface area contributed by atoms with Crippen LogP contribution < -0.4 is 21.7 Å². The molecule has 3 unspecified atom stereocenters. The van der Waals surface area contributed by atoms with Crippen molar-refractivity contribution in [2.24, 2.45) is 22.7 Å². The summed E-state index contributed by atoms with van der Waals surface area (Å²) in [5.41, 5.74) is 2.87. The fraction of sp³-hybridized carbons (Fsp3) is 0.517.